The molecule has 0 heterocycles. The summed E-state index contributed by atoms with van der Waals surface area (Å²) in [5.74, 6) is 0.594. The van der Waals surface area contributed by atoms with Gasteiger partial charge < -0.3 is 5.32 Å². The number of carbonyl (C=O) groups is 1. The van der Waals surface area contributed by atoms with Gasteiger partial charge in [-0.25, -0.2) is 4.39 Å². The first kappa shape index (κ1) is 15.6. The molecule has 0 aliphatic heterocycles. The van der Waals surface area contributed by atoms with Crippen LogP contribution in [0.2, 0.25) is 0 Å². The second-order valence-corrected chi connectivity index (χ2v) is 5.87. The molecular formula is C17H18FNOS. The van der Waals surface area contributed by atoms with Gasteiger partial charge in [-0.3, -0.25) is 4.79 Å². The minimum atomic E-state index is -0.257. The normalized spacial score (nSPS) is 10.4. The lowest BCUT2D eigenvalue weighted by molar-refractivity contribution is -0.116. The zero-order chi connectivity index (χ0) is 15.1. The molecule has 2 nitrogen and oxygen atoms in total. The van der Waals surface area contributed by atoms with E-state index in [0.717, 1.165) is 16.3 Å². The summed E-state index contributed by atoms with van der Waals surface area (Å²) < 4.78 is 13.5. The van der Waals surface area contributed by atoms with Gasteiger partial charge >= 0.3 is 0 Å². The maximum absolute atomic E-state index is 13.5. The van der Waals surface area contributed by atoms with Gasteiger partial charge in [-0.15, -0.1) is 11.8 Å². The lowest BCUT2D eigenvalue weighted by Gasteiger charge is -2.10. The van der Waals surface area contributed by atoms with E-state index in [1.165, 1.54) is 6.07 Å². The quantitative estimate of drug-likeness (QED) is 0.796. The zero-order valence-electron chi connectivity index (χ0n) is 11.9. The molecule has 0 aromatic heterocycles. The Kier molecular flexibility index (Phi) is 5.81. The molecule has 0 fully saturated rings. The molecule has 0 spiro atoms. The number of thioether (sulfide) groups is 1. The van der Waals surface area contributed by atoms with Gasteiger partial charge in [-0.1, -0.05) is 37.3 Å². The molecule has 1 N–H and O–H groups in total. The predicted molar refractivity (Wildman–Crippen MR) is 86.2 cm³/mol. The van der Waals surface area contributed by atoms with Gasteiger partial charge in [0.2, 0.25) is 5.91 Å². The first-order valence-corrected chi connectivity index (χ1v) is 7.94. The summed E-state index contributed by atoms with van der Waals surface area (Å²) in [5, 5.41) is 2.90. The summed E-state index contributed by atoms with van der Waals surface area (Å²) in [7, 11) is 0. The van der Waals surface area contributed by atoms with Crippen molar-refractivity contribution in [3.63, 3.8) is 0 Å². The molecule has 0 aliphatic carbocycles. The van der Waals surface area contributed by atoms with E-state index in [2.05, 4.69) is 12.2 Å². The number of rotatable bonds is 6. The van der Waals surface area contributed by atoms with Crippen LogP contribution in [-0.2, 0) is 11.2 Å². The van der Waals surface area contributed by atoms with Crippen LogP contribution < -0.4 is 5.32 Å². The summed E-state index contributed by atoms with van der Waals surface area (Å²) in [6.45, 7) is 2.07. The fraction of sp³-hybridized carbons (Fsp3) is 0.235. The molecule has 110 valence electrons. The minimum Gasteiger partial charge on any atom is -0.325 e. The van der Waals surface area contributed by atoms with Crippen molar-refractivity contribution < 1.29 is 9.18 Å². The average Bonchev–Trinajstić information content (AvgIpc) is 2.49. The molecule has 21 heavy (non-hydrogen) atoms. The van der Waals surface area contributed by atoms with Crippen molar-refractivity contribution in [1.82, 2.24) is 0 Å². The number of hydrogen-bond acceptors (Lipinski definition) is 2. The third kappa shape index (κ3) is 4.60. The number of amides is 1. The van der Waals surface area contributed by atoms with Gasteiger partial charge in [0.05, 0.1) is 5.69 Å². The van der Waals surface area contributed by atoms with E-state index in [9.17, 15) is 9.18 Å². The number of aryl methyl sites for hydroxylation is 1. The molecule has 0 unspecified atom stereocenters. The van der Waals surface area contributed by atoms with Crippen LogP contribution in [0.4, 0.5) is 10.1 Å². The Morgan fingerprint density at radius 2 is 1.86 bits per heavy atom. The Balaban J connectivity index is 1.95. The standard InChI is InChI=1S/C17H18FNOS/c1-2-21-16-10-6-5-9-15(16)19-17(20)12-11-13-7-3-4-8-14(13)18/h3-10H,2,11-12H2,1H3,(H,19,20). The van der Waals surface area contributed by atoms with Gasteiger partial charge in [0.25, 0.3) is 0 Å². The fourth-order valence-corrected chi connectivity index (χ4v) is 2.77. The highest BCUT2D eigenvalue weighted by Gasteiger charge is 2.08. The molecule has 0 saturated carbocycles. The molecule has 0 radical (unpaired) electrons. The Morgan fingerprint density at radius 3 is 2.62 bits per heavy atom. The van der Waals surface area contributed by atoms with E-state index in [0.29, 0.717) is 12.0 Å². The molecule has 2 aromatic carbocycles. The van der Waals surface area contributed by atoms with Crippen molar-refractivity contribution in [2.24, 2.45) is 0 Å². The van der Waals surface area contributed by atoms with E-state index in [1.54, 1.807) is 30.0 Å². The van der Waals surface area contributed by atoms with Crippen LogP contribution in [0.5, 0.6) is 0 Å². The van der Waals surface area contributed by atoms with Crippen LogP contribution in [0, 0.1) is 5.82 Å². The molecule has 0 saturated heterocycles. The second kappa shape index (κ2) is 7.84. The molecular weight excluding hydrogens is 285 g/mol. The molecule has 1 amide bonds. The van der Waals surface area contributed by atoms with Gasteiger partial charge in [0.15, 0.2) is 0 Å². The zero-order valence-corrected chi connectivity index (χ0v) is 12.8. The van der Waals surface area contributed by atoms with Crippen molar-refractivity contribution in [3.8, 4) is 0 Å². The monoisotopic (exact) mass is 303 g/mol. The largest absolute Gasteiger partial charge is 0.325 e. The van der Waals surface area contributed by atoms with E-state index in [-0.39, 0.29) is 18.1 Å². The molecule has 2 aromatic rings. The first-order valence-electron chi connectivity index (χ1n) is 6.95. The minimum absolute atomic E-state index is 0.0950. The van der Waals surface area contributed by atoms with Gasteiger partial charge in [0, 0.05) is 11.3 Å². The summed E-state index contributed by atoms with van der Waals surface area (Å²) in [6, 6.07) is 14.3. The summed E-state index contributed by atoms with van der Waals surface area (Å²) in [5.41, 5.74) is 1.40. The maximum atomic E-state index is 13.5. The molecule has 0 bridgehead atoms. The highest BCUT2D eigenvalue weighted by molar-refractivity contribution is 7.99. The summed E-state index contributed by atoms with van der Waals surface area (Å²) in [4.78, 5) is 13.1. The number of hydrogen-bond donors (Lipinski definition) is 1. The average molecular weight is 303 g/mol. The lowest BCUT2D eigenvalue weighted by Crippen LogP contribution is -2.13. The number of nitrogens with one attached hydrogen (secondary N) is 1. The summed E-state index contributed by atoms with van der Waals surface area (Å²) in [6.07, 6.45) is 0.674. The van der Waals surface area contributed by atoms with Crippen molar-refractivity contribution in [1.29, 1.82) is 0 Å². The predicted octanol–water partition coefficient (Wildman–Crippen LogP) is 4.51. The van der Waals surface area contributed by atoms with Crippen LogP contribution >= 0.6 is 11.8 Å². The topological polar surface area (TPSA) is 29.1 Å². The highest BCUT2D eigenvalue weighted by atomic mass is 32.2. The van der Waals surface area contributed by atoms with Crippen LogP contribution in [0.15, 0.2) is 53.4 Å². The Bertz CT molecular complexity index is 615. The SMILES string of the molecule is CCSc1ccccc1NC(=O)CCc1ccccc1F. The van der Waals surface area contributed by atoms with E-state index >= 15 is 0 Å². The number of carbonyl (C=O) groups excluding carboxylic acids is 1. The fourth-order valence-electron chi connectivity index (χ4n) is 2.01. The van der Waals surface area contributed by atoms with Gasteiger partial charge in [-0.2, -0.15) is 0 Å². The third-order valence-corrected chi connectivity index (χ3v) is 4.00. The van der Waals surface area contributed by atoms with Crippen LogP contribution in [0.3, 0.4) is 0 Å². The third-order valence-electron chi connectivity index (χ3n) is 3.04. The van der Waals surface area contributed by atoms with Crippen molar-refractivity contribution >= 4 is 23.4 Å². The van der Waals surface area contributed by atoms with Crippen molar-refractivity contribution in [2.45, 2.75) is 24.7 Å². The molecule has 0 atom stereocenters. The Labute approximate surface area is 128 Å². The van der Waals surface area contributed by atoms with Crippen molar-refractivity contribution in [2.75, 3.05) is 11.1 Å². The lowest BCUT2D eigenvalue weighted by atomic mass is 10.1. The van der Waals surface area contributed by atoms with Crippen molar-refractivity contribution in [3.05, 3.63) is 59.9 Å². The first-order chi connectivity index (χ1) is 10.2. The van der Waals surface area contributed by atoms with Gasteiger partial charge in [-0.05, 0) is 35.9 Å². The van der Waals surface area contributed by atoms with Crippen LogP contribution in [0.25, 0.3) is 0 Å². The molecule has 4 heteroatoms. The number of benzene rings is 2. The van der Waals surface area contributed by atoms with E-state index < -0.39 is 0 Å². The smallest absolute Gasteiger partial charge is 0.224 e. The van der Waals surface area contributed by atoms with Crippen LogP contribution in [-0.4, -0.2) is 11.7 Å². The number of anilines is 1. The van der Waals surface area contributed by atoms with Gasteiger partial charge in [0.1, 0.15) is 5.82 Å². The van der Waals surface area contributed by atoms with E-state index in [1.807, 2.05) is 24.3 Å². The highest BCUT2D eigenvalue weighted by Crippen LogP contribution is 2.26. The van der Waals surface area contributed by atoms with E-state index in [4.69, 9.17) is 0 Å². The molecule has 2 rings (SSSR count). The van der Waals surface area contributed by atoms with Crippen LogP contribution in [0.1, 0.15) is 18.9 Å². The summed E-state index contributed by atoms with van der Waals surface area (Å²) >= 11 is 1.69. The second-order valence-electron chi connectivity index (χ2n) is 4.57. The number of para-hydroxylation sites is 1. The maximum Gasteiger partial charge on any atom is 0.224 e. The number of halogens is 1. The Hall–Kier alpha value is -1.81. The Morgan fingerprint density at radius 1 is 1.14 bits per heavy atom. The molecule has 0 aliphatic rings.